The highest BCUT2D eigenvalue weighted by Crippen LogP contribution is 2.54. The lowest BCUT2D eigenvalue weighted by molar-refractivity contribution is -0.171. The fourth-order valence-corrected chi connectivity index (χ4v) is 4.18. The number of hydrogen-bond acceptors (Lipinski definition) is 5. The fourth-order valence-electron chi connectivity index (χ4n) is 4.18. The molecule has 0 bridgehead atoms. The summed E-state index contributed by atoms with van der Waals surface area (Å²) in [6.45, 7) is 3.44. The van der Waals surface area contributed by atoms with Gasteiger partial charge >= 0.3 is 18.1 Å². The van der Waals surface area contributed by atoms with Crippen LogP contribution in [-0.2, 0) is 30.0 Å². The van der Waals surface area contributed by atoms with Crippen LogP contribution in [0.2, 0.25) is 0 Å². The van der Waals surface area contributed by atoms with E-state index < -0.39 is 29.1 Å². The van der Waals surface area contributed by atoms with Crippen LogP contribution in [-0.4, -0.2) is 30.9 Å². The van der Waals surface area contributed by atoms with Gasteiger partial charge in [-0.1, -0.05) is 17.7 Å². The van der Waals surface area contributed by atoms with E-state index >= 15 is 0 Å². The van der Waals surface area contributed by atoms with Crippen molar-refractivity contribution < 1.29 is 37.0 Å². The molecule has 0 N–H and O–H groups in total. The number of carbonyl (C=O) groups is 3. The predicted molar refractivity (Wildman–Crippen MR) is 96.4 cm³/mol. The number of ketones is 1. The molecule has 0 heterocycles. The first kappa shape index (κ1) is 21.1. The van der Waals surface area contributed by atoms with Gasteiger partial charge in [-0.2, -0.15) is 13.2 Å². The largest absolute Gasteiger partial charge is 0.465 e. The van der Waals surface area contributed by atoms with Gasteiger partial charge < -0.3 is 9.47 Å². The highest BCUT2D eigenvalue weighted by atomic mass is 19.4. The smallest absolute Gasteiger partial charge is 0.416 e. The van der Waals surface area contributed by atoms with Crippen molar-refractivity contribution in [2.24, 2.45) is 11.3 Å². The fraction of sp³-hybridized carbons (Fsp3) is 0.476. The topological polar surface area (TPSA) is 69.7 Å². The lowest BCUT2D eigenvalue weighted by Crippen LogP contribution is -2.40. The Balaban J connectivity index is 2.02. The highest BCUT2D eigenvalue weighted by Gasteiger charge is 2.58. The molecule has 156 valence electrons. The number of esters is 2. The van der Waals surface area contributed by atoms with E-state index in [4.69, 9.17) is 9.47 Å². The third-order valence-corrected chi connectivity index (χ3v) is 5.44. The normalized spacial score (nSPS) is 20.6. The molecule has 1 aromatic rings. The number of allylic oxidation sites excluding steroid dienone is 2. The van der Waals surface area contributed by atoms with Crippen molar-refractivity contribution in [3.05, 3.63) is 41.0 Å². The third kappa shape index (κ3) is 3.68. The average molecular weight is 410 g/mol. The first-order valence-corrected chi connectivity index (χ1v) is 9.42. The van der Waals surface area contributed by atoms with Crippen molar-refractivity contribution >= 4 is 23.3 Å². The number of halogens is 3. The van der Waals surface area contributed by atoms with Gasteiger partial charge in [-0.25, -0.2) is 0 Å². The van der Waals surface area contributed by atoms with E-state index in [0.717, 1.165) is 12.1 Å². The molecule has 0 saturated heterocycles. The Bertz CT molecular complexity index is 849. The molecular weight excluding hydrogens is 389 g/mol. The molecule has 2 aliphatic carbocycles. The van der Waals surface area contributed by atoms with Crippen LogP contribution in [0.15, 0.2) is 29.8 Å². The summed E-state index contributed by atoms with van der Waals surface area (Å²) in [6, 6.07) is 4.34. The summed E-state index contributed by atoms with van der Waals surface area (Å²) in [5.74, 6) is -1.93. The Labute approximate surface area is 165 Å². The Morgan fingerprint density at radius 2 is 1.62 bits per heavy atom. The number of rotatable bonds is 5. The quantitative estimate of drug-likeness (QED) is 0.543. The maximum Gasteiger partial charge on any atom is 0.416 e. The molecule has 5 nitrogen and oxygen atoms in total. The van der Waals surface area contributed by atoms with Gasteiger partial charge in [0.25, 0.3) is 0 Å². The molecule has 0 aromatic heterocycles. The maximum atomic E-state index is 12.8. The molecule has 1 saturated carbocycles. The lowest BCUT2D eigenvalue weighted by atomic mass is 9.83. The van der Waals surface area contributed by atoms with Gasteiger partial charge in [0.2, 0.25) is 0 Å². The van der Waals surface area contributed by atoms with Crippen LogP contribution < -0.4 is 0 Å². The van der Waals surface area contributed by atoms with Gasteiger partial charge in [0.1, 0.15) is 0 Å². The third-order valence-electron chi connectivity index (χ3n) is 5.44. The molecule has 3 rings (SSSR count). The van der Waals surface area contributed by atoms with Gasteiger partial charge in [-0.3, -0.25) is 14.4 Å². The summed E-state index contributed by atoms with van der Waals surface area (Å²) in [5, 5.41) is 0. The minimum absolute atomic E-state index is 0.0303. The summed E-state index contributed by atoms with van der Waals surface area (Å²) >= 11 is 0. The molecule has 0 spiro atoms. The van der Waals surface area contributed by atoms with Crippen molar-refractivity contribution in [2.45, 2.75) is 39.3 Å². The van der Waals surface area contributed by atoms with Gasteiger partial charge in [-0.05, 0) is 50.3 Å². The first-order chi connectivity index (χ1) is 13.6. The summed E-state index contributed by atoms with van der Waals surface area (Å²) in [4.78, 5) is 37.8. The van der Waals surface area contributed by atoms with E-state index in [9.17, 15) is 27.6 Å². The second kappa shape index (κ2) is 7.65. The minimum atomic E-state index is -4.48. The summed E-state index contributed by atoms with van der Waals surface area (Å²) in [6.07, 6.45) is -4.31. The second-order valence-corrected chi connectivity index (χ2v) is 7.20. The van der Waals surface area contributed by atoms with Crippen LogP contribution in [0, 0.1) is 11.3 Å². The SMILES string of the molecule is CCOC(=O)C1(C(=O)OCC)CC2=C(c3ccc(C(F)(F)F)cc3)C(=O)C[C@H]2C1. The molecule has 29 heavy (non-hydrogen) atoms. The molecule has 1 aromatic carbocycles. The lowest BCUT2D eigenvalue weighted by Gasteiger charge is -2.24. The minimum Gasteiger partial charge on any atom is -0.465 e. The number of benzene rings is 1. The molecule has 2 aliphatic rings. The van der Waals surface area contributed by atoms with Gasteiger partial charge in [-0.15, -0.1) is 0 Å². The van der Waals surface area contributed by atoms with E-state index in [0.29, 0.717) is 16.7 Å². The van der Waals surface area contributed by atoms with Crippen molar-refractivity contribution in [1.82, 2.24) is 0 Å². The zero-order valence-corrected chi connectivity index (χ0v) is 16.1. The van der Waals surface area contributed by atoms with Crippen molar-refractivity contribution in [3.63, 3.8) is 0 Å². The molecule has 0 radical (unpaired) electrons. The van der Waals surface area contributed by atoms with Crippen molar-refractivity contribution in [2.75, 3.05) is 13.2 Å². The summed E-state index contributed by atoms with van der Waals surface area (Å²) in [7, 11) is 0. The standard InChI is InChI=1S/C21H21F3O5/c1-3-28-18(26)20(19(27)29-4-2)10-13-9-16(25)17(15(13)11-20)12-5-7-14(8-6-12)21(22,23)24/h5-8,13H,3-4,9-11H2,1-2H3/t13-/m0/s1. The molecule has 0 unspecified atom stereocenters. The molecule has 0 amide bonds. The Morgan fingerprint density at radius 3 is 2.10 bits per heavy atom. The average Bonchev–Trinajstić information content (AvgIpc) is 3.15. The van der Waals surface area contributed by atoms with E-state index in [2.05, 4.69) is 0 Å². The van der Waals surface area contributed by atoms with Crippen LogP contribution in [0.3, 0.4) is 0 Å². The van der Waals surface area contributed by atoms with E-state index in [1.165, 1.54) is 12.1 Å². The number of hydrogen-bond donors (Lipinski definition) is 0. The van der Waals surface area contributed by atoms with Crippen molar-refractivity contribution in [1.29, 1.82) is 0 Å². The van der Waals surface area contributed by atoms with Gasteiger partial charge in [0.15, 0.2) is 11.2 Å². The summed E-state index contributed by atoms with van der Waals surface area (Å²) in [5.41, 5.74) is -1.09. The second-order valence-electron chi connectivity index (χ2n) is 7.20. The number of carbonyl (C=O) groups excluding carboxylic acids is 3. The zero-order valence-electron chi connectivity index (χ0n) is 16.1. The Morgan fingerprint density at radius 1 is 1.07 bits per heavy atom. The first-order valence-electron chi connectivity index (χ1n) is 9.42. The molecular formula is C21H21F3O5. The molecule has 1 atom stereocenters. The number of Topliss-reactive ketones (excluding diaryl/α,β-unsaturated/α-hetero) is 1. The van der Waals surface area contributed by atoms with Crippen LogP contribution in [0.5, 0.6) is 0 Å². The monoisotopic (exact) mass is 410 g/mol. The van der Waals surface area contributed by atoms with E-state index in [-0.39, 0.29) is 44.2 Å². The van der Waals surface area contributed by atoms with E-state index in [1.54, 1.807) is 13.8 Å². The zero-order chi connectivity index (χ0) is 21.4. The van der Waals surface area contributed by atoms with Crippen LogP contribution in [0.4, 0.5) is 13.2 Å². The molecule has 8 heteroatoms. The van der Waals surface area contributed by atoms with Crippen molar-refractivity contribution in [3.8, 4) is 0 Å². The predicted octanol–water partition coefficient (Wildman–Crippen LogP) is 3.95. The number of ether oxygens (including phenoxy) is 2. The van der Waals surface area contributed by atoms with E-state index in [1.807, 2.05) is 0 Å². The molecule has 0 aliphatic heterocycles. The Kier molecular flexibility index (Phi) is 5.56. The number of fused-ring (bicyclic) bond motifs is 1. The highest BCUT2D eigenvalue weighted by molar-refractivity contribution is 6.24. The van der Waals surface area contributed by atoms with Crippen LogP contribution >= 0.6 is 0 Å². The maximum absolute atomic E-state index is 12.8. The van der Waals surface area contributed by atoms with Gasteiger partial charge in [0, 0.05) is 12.0 Å². The van der Waals surface area contributed by atoms with Gasteiger partial charge in [0.05, 0.1) is 18.8 Å². The Hall–Kier alpha value is -2.64. The van der Waals surface area contributed by atoms with Crippen LogP contribution in [0.1, 0.15) is 44.2 Å². The van der Waals surface area contributed by atoms with Crippen LogP contribution in [0.25, 0.3) is 5.57 Å². The number of alkyl halides is 3. The molecule has 1 fully saturated rings. The summed E-state index contributed by atoms with van der Waals surface area (Å²) < 4.78 is 48.7.